The molecule has 0 saturated carbocycles. The van der Waals surface area contributed by atoms with Gasteiger partial charge in [-0.25, -0.2) is 0 Å². The van der Waals surface area contributed by atoms with Gasteiger partial charge in [0.05, 0.1) is 24.1 Å². The molecule has 4 heteroatoms. The monoisotopic (exact) mass is 436 g/mol. The van der Waals surface area contributed by atoms with Gasteiger partial charge in [0.2, 0.25) is 0 Å². The topological polar surface area (TPSA) is 21.7 Å². The van der Waals surface area contributed by atoms with Crippen molar-refractivity contribution in [3.8, 4) is 0 Å². The molecule has 0 spiro atoms. The van der Waals surface area contributed by atoms with Crippen LogP contribution < -0.4 is 0 Å². The number of hydrogen-bond donors (Lipinski definition) is 0. The Morgan fingerprint density at radius 2 is 1.29 bits per heavy atom. The van der Waals surface area contributed by atoms with Crippen LogP contribution in [0, 0.1) is 0 Å². The van der Waals surface area contributed by atoms with Crippen molar-refractivity contribution >= 4 is 10.9 Å². The van der Waals surface area contributed by atoms with Gasteiger partial charge < -0.3 is 9.47 Å². The maximum absolute atomic E-state index is 5.46. The molecule has 1 atom stereocenters. The Hall–Kier alpha value is -2.11. The van der Waals surface area contributed by atoms with Crippen LogP contribution in [0.4, 0.5) is 0 Å². The lowest BCUT2D eigenvalue weighted by atomic mass is 10.1. The molecule has 0 radical (unpaired) electrons. The van der Waals surface area contributed by atoms with Gasteiger partial charge in [-0.3, -0.25) is 4.90 Å². The Morgan fingerprint density at radius 3 is 1.77 bits per heavy atom. The van der Waals surface area contributed by atoms with E-state index in [0.717, 1.165) is 32.7 Å². The summed E-state index contributed by atoms with van der Waals surface area (Å²) in [7, 11) is 3.43. The molecule has 3 rings (SSSR count). The third-order valence-electron chi connectivity index (χ3n) is 5.43. The SMILES string of the molecule is CCC(COC)N(CCOC)Cc1ccc([S+](c2ccccc2)c2ccccc2)cc1. The Labute approximate surface area is 190 Å². The number of benzene rings is 3. The summed E-state index contributed by atoms with van der Waals surface area (Å²) in [6.45, 7) is 5.49. The standard InChI is InChI=1S/C27H34NO2S/c1-4-24(22-30-3)28(19-20-29-2)21-23-15-17-27(18-16-23)31(25-11-7-5-8-12-25)26-13-9-6-10-14-26/h5-18,24H,4,19-22H2,1-3H3/q+1. The fourth-order valence-electron chi connectivity index (χ4n) is 3.76. The second-order valence-corrected chi connectivity index (χ2v) is 9.58. The summed E-state index contributed by atoms with van der Waals surface area (Å²) < 4.78 is 10.8. The first-order valence-corrected chi connectivity index (χ1v) is 12.1. The van der Waals surface area contributed by atoms with E-state index in [2.05, 4.69) is 96.8 Å². The summed E-state index contributed by atoms with van der Waals surface area (Å²) >= 11 is 0. The van der Waals surface area contributed by atoms with E-state index in [1.54, 1.807) is 14.2 Å². The van der Waals surface area contributed by atoms with Crippen molar-refractivity contribution < 1.29 is 9.47 Å². The van der Waals surface area contributed by atoms with Crippen molar-refractivity contribution in [1.29, 1.82) is 0 Å². The summed E-state index contributed by atoms with van der Waals surface area (Å²) in [5, 5.41) is 0. The lowest BCUT2D eigenvalue weighted by Gasteiger charge is -2.30. The highest BCUT2D eigenvalue weighted by Crippen LogP contribution is 2.31. The van der Waals surface area contributed by atoms with Crippen LogP contribution in [0.15, 0.2) is 99.6 Å². The van der Waals surface area contributed by atoms with E-state index in [1.807, 2.05) is 0 Å². The van der Waals surface area contributed by atoms with Crippen molar-refractivity contribution in [1.82, 2.24) is 4.90 Å². The number of rotatable bonds is 12. The van der Waals surface area contributed by atoms with E-state index >= 15 is 0 Å². The van der Waals surface area contributed by atoms with Crippen LogP contribution in [-0.2, 0) is 26.9 Å². The van der Waals surface area contributed by atoms with Gasteiger partial charge in [-0.2, -0.15) is 0 Å². The van der Waals surface area contributed by atoms with Gasteiger partial charge >= 0.3 is 0 Å². The van der Waals surface area contributed by atoms with Gasteiger partial charge in [0.1, 0.15) is 0 Å². The Morgan fingerprint density at radius 1 is 0.742 bits per heavy atom. The van der Waals surface area contributed by atoms with Crippen LogP contribution >= 0.6 is 0 Å². The molecule has 0 aliphatic heterocycles. The summed E-state index contributed by atoms with van der Waals surface area (Å²) in [5.41, 5.74) is 1.32. The number of methoxy groups -OCH3 is 2. The molecule has 3 aromatic carbocycles. The Balaban J connectivity index is 1.83. The highest BCUT2D eigenvalue weighted by atomic mass is 32.2. The van der Waals surface area contributed by atoms with Gasteiger partial charge in [-0.15, -0.1) is 0 Å². The maximum atomic E-state index is 5.46. The maximum Gasteiger partial charge on any atom is 0.166 e. The van der Waals surface area contributed by atoms with Crippen LogP contribution in [0.5, 0.6) is 0 Å². The van der Waals surface area contributed by atoms with E-state index in [1.165, 1.54) is 20.2 Å². The molecule has 0 bridgehead atoms. The molecule has 0 heterocycles. The first kappa shape index (κ1) is 23.6. The average Bonchev–Trinajstić information content (AvgIpc) is 2.83. The van der Waals surface area contributed by atoms with Gasteiger partial charge in [0.15, 0.2) is 14.7 Å². The molecule has 3 aromatic rings. The highest BCUT2D eigenvalue weighted by molar-refractivity contribution is 7.97. The van der Waals surface area contributed by atoms with Crippen LogP contribution in [-0.4, -0.2) is 44.9 Å². The van der Waals surface area contributed by atoms with Crippen molar-refractivity contribution in [3.63, 3.8) is 0 Å². The van der Waals surface area contributed by atoms with Crippen molar-refractivity contribution in [2.75, 3.05) is 34.0 Å². The quantitative estimate of drug-likeness (QED) is 0.342. The normalized spacial score (nSPS) is 12.4. The van der Waals surface area contributed by atoms with E-state index in [9.17, 15) is 0 Å². The molecule has 0 amide bonds. The third kappa shape index (κ3) is 6.68. The predicted molar refractivity (Wildman–Crippen MR) is 130 cm³/mol. The smallest absolute Gasteiger partial charge is 0.166 e. The number of nitrogens with zero attached hydrogens (tertiary/aromatic N) is 1. The van der Waals surface area contributed by atoms with Crippen LogP contribution in [0.2, 0.25) is 0 Å². The van der Waals surface area contributed by atoms with Gasteiger partial charge in [-0.1, -0.05) is 55.5 Å². The zero-order valence-electron chi connectivity index (χ0n) is 18.9. The molecule has 1 unspecified atom stereocenters. The molecule has 0 N–H and O–H groups in total. The molecular weight excluding hydrogens is 402 g/mol. The largest absolute Gasteiger partial charge is 0.383 e. The van der Waals surface area contributed by atoms with E-state index in [4.69, 9.17) is 9.47 Å². The minimum atomic E-state index is -0.107. The third-order valence-corrected chi connectivity index (χ3v) is 7.66. The van der Waals surface area contributed by atoms with E-state index in [-0.39, 0.29) is 10.9 Å². The zero-order chi connectivity index (χ0) is 21.9. The minimum Gasteiger partial charge on any atom is -0.383 e. The second-order valence-electron chi connectivity index (χ2n) is 7.56. The van der Waals surface area contributed by atoms with Gasteiger partial charge in [-0.05, 0) is 48.4 Å². The molecule has 0 fully saturated rings. The fourth-order valence-corrected chi connectivity index (χ4v) is 5.84. The fraction of sp³-hybridized carbons (Fsp3) is 0.333. The summed E-state index contributed by atoms with van der Waals surface area (Å²) in [6.07, 6.45) is 1.06. The molecule has 31 heavy (non-hydrogen) atoms. The van der Waals surface area contributed by atoms with E-state index < -0.39 is 0 Å². The highest BCUT2D eigenvalue weighted by Gasteiger charge is 2.28. The van der Waals surface area contributed by atoms with Crippen LogP contribution in [0.1, 0.15) is 18.9 Å². The number of ether oxygens (including phenoxy) is 2. The summed E-state index contributed by atoms with van der Waals surface area (Å²) in [4.78, 5) is 6.49. The van der Waals surface area contributed by atoms with Crippen molar-refractivity contribution in [3.05, 3.63) is 90.5 Å². The molecule has 3 nitrogen and oxygen atoms in total. The van der Waals surface area contributed by atoms with Crippen LogP contribution in [0.25, 0.3) is 0 Å². The number of hydrogen-bond acceptors (Lipinski definition) is 3. The van der Waals surface area contributed by atoms with Crippen LogP contribution in [0.3, 0.4) is 0 Å². The van der Waals surface area contributed by atoms with Gasteiger partial charge in [0.25, 0.3) is 0 Å². The molecular formula is C27H34NO2S+. The molecule has 0 aliphatic carbocycles. The second kappa shape index (κ2) is 12.7. The molecule has 164 valence electrons. The summed E-state index contributed by atoms with van der Waals surface area (Å²) in [6, 6.07) is 31.1. The first-order chi connectivity index (χ1) is 15.3. The molecule has 0 aliphatic rings. The predicted octanol–water partition coefficient (Wildman–Crippen LogP) is 5.66. The zero-order valence-corrected chi connectivity index (χ0v) is 19.7. The summed E-state index contributed by atoms with van der Waals surface area (Å²) in [5.74, 6) is 0. The lowest BCUT2D eigenvalue weighted by Crippen LogP contribution is -2.39. The minimum absolute atomic E-state index is 0.107. The lowest BCUT2D eigenvalue weighted by molar-refractivity contribution is 0.0607. The molecule has 0 saturated heterocycles. The first-order valence-electron chi connectivity index (χ1n) is 10.9. The average molecular weight is 437 g/mol. The van der Waals surface area contributed by atoms with Crippen molar-refractivity contribution in [2.24, 2.45) is 0 Å². The Kier molecular flexibility index (Phi) is 9.63. The van der Waals surface area contributed by atoms with Crippen molar-refractivity contribution in [2.45, 2.75) is 40.6 Å². The van der Waals surface area contributed by atoms with Gasteiger partial charge in [0, 0.05) is 33.4 Å². The van der Waals surface area contributed by atoms with E-state index in [0.29, 0.717) is 6.04 Å². The molecule has 0 aromatic heterocycles. The Bertz CT molecular complexity index is 831.